The van der Waals surface area contributed by atoms with Crippen LogP contribution in [0.3, 0.4) is 0 Å². The maximum absolute atomic E-state index is 12.8. The molecule has 0 aromatic heterocycles. The summed E-state index contributed by atoms with van der Waals surface area (Å²) in [5.74, 6) is 0. The monoisotopic (exact) mass is 469 g/mol. The van der Waals surface area contributed by atoms with Gasteiger partial charge in [-0.25, -0.2) is 4.79 Å². The number of nitrogens with zero attached hydrogens (tertiary/aromatic N) is 2. The molecule has 160 valence electrons. The standard InChI is InChI=1S/C25H32BrN3O/c26-22-14-12-21(13-15-22)24(20-8-4-3-5-9-20)28-16-18-29(19-17-28)25(30)27-23-10-6-1-2-7-11-23/h3-5,8-9,12-15,23-24H,1-2,6-7,10-11,16-19H2,(H,27,30)/t24-/m0/s1. The van der Waals surface area contributed by atoms with Crippen LogP contribution < -0.4 is 5.32 Å². The van der Waals surface area contributed by atoms with E-state index in [4.69, 9.17) is 0 Å². The summed E-state index contributed by atoms with van der Waals surface area (Å²) in [4.78, 5) is 17.3. The molecule has 0 bridgehead atoms. The highest BCUT2D eigenvalue weighted by Gasteiger charge is 2.29. The molecule has 1 aliphatic carbocycles. The molecule has 1 N–H and O–H groups in total. The first kappa shape index (κ1) is 21.4. The van der Waals surface area contributed by atoms with E-state index in [1.54, 1.807) is 0 Å². The summed E-state index contributed by atoms with van der Waals surface area (Å²) in [7, 11) is 0. The zero-order valence-electron chi connectivity index (χ0n) is 17.6. The Bertz CT molecular complexity index is 795. The first-order chi connectivity index (χ1) is 14.7. The van der Waals surface area contributed by atoms with Gasteiger partial charge in [0.1, 0.15) is 0 Å². The predicted molar refractivity (Wildman–Crippen MR) is 126 cm³/mol. The van der Waals surface area contributed by atoms with E-state index < -0.39 is 0 Å². The minimum absolute atomic E-state index is 0.126. The number of hydrogen-bond donors (Lipinski definition) is 1. The molecule has 5 heteroatoms. The smallest absolute Gasteiger partial charge is 0.317 e. The Morgan fingerprint density at radius 3 is 2.07 bits per heavy atom. The molecule has 0 unspecified atom stereocenters. The number of rotatable bonds is 4. The zero-order chi connectivity index (χ0) is 20.8. The highest BCUT2D eigenvalue weighted by molar-refractivity contribution is 9.10. The number of carbonyl (C=O) groups excluding carboxylic acids is 1. The highest BCUT2D eigenvalue weighted by Crippen LogP contribution is 2.30. The maximum atomic E-state index is 12.8. The van der Waals surface area contributed by atoms with Crippen molar-refractivity contribution in [2.45, 2.75) is 50.6 Å². The van der Waals surface area contributed by atoms with Crippen molar-refractivity contribution in [2.24, 2.45) is 0 Å². The van der Waals surface area contributed by atoms with Crippen molar-refractivity contribution >= 4 is 22.0 Å². The molecule has 1 saturated carbocycles. The SMILES string of the molecule is O=C(NC1CCCCCC1)N1CCN([C@@H](c2ccccc2)c2ccc(Br)cc2)CC1. The van der Waals surface area contributed by atoms with Crippen LogP contribution in [-0.4, -0.2) is 48.1 Å². The Hall–Kier alpha value is -1.85. The second-order valence-electron chi connectivity index (χ2n) is 8.53. The lowest BCUT2D eigenvalue weighted by atomic mass is 9.96. The normalized spacial score (nSPS) is 19.8. The van der Waals surface area contributed by atoms with Crippen LogP contribution in [0, 0.1) is 0 Å². The quantitative estimate of drug-likeness (QED) is 0.592. The molecule has 1 heterocycles. The van der Waals surface area contributed by atoms with E-state index in [1.165, 1.54) is 36.8 Å². The lowest BCUT2D eigenvalue weighted by Crippen LogP contribution is -2.54. The van der Waals surface area contributed by atoms with E-state index in [-0.39, 0.29) is 12.1 Å². The summed E-state index contributed by atoms with van der Waals surface area (Å²) in [6, 6.07) is 20.0. The number of carbonyl (C=O) groups is 1. The number of piperazine rings is 1. The second-order valence-corrected chi connectivity index (χ2v) is 9.44. The third-order valence-electron chi connectivity index (χ3n) is 6.45. The van der Waals surface area contributed by atoms with Gasteiger partial charge < -0.3 is 10.2 Å². The van der Waals surface area contributed by atoms with E-state index in [1.807, 2.05) is 4.90 Å². The van der Waals surface area contributed by atoms with Crippen molar-refractivity contribution in [2.75, 3.05) is 26.2 Å². The fraction of sp³-hybridized carbons (Fsp3) is 0.480. The van der Waals surface area contributed by atoms with Gasteiger partial charge in [0.15, 0.2) is 0 Å². The van der Waals surface area contributed by atoms with E-state index in [2.05, 4.69) is 80.7 Å². The highest BCUT2D eigenvalue weighted by atomic mass is 79.9. The molecule has 1 aliphatic heterocycles. The number of nitrogens with one attached hydrogen (secondary N) is 1. The van der Waals surface area contributed by atoms with Crippen molar-refractivity contribution < 1.29 is 4.79 Å². The van der Waals surface area contributed by atoms with Crippen LogP contribution >= 0.6 is 15.9 Å². The number of benzene rings is 2. The number of urea groups is 1. The van der Waals surface area contributed by atoms with Crippen LogP contribution in [0.2, 0.25) is 0 Å². The zero-order valence-corrected chi connectivity index (χ0v) is 19.2. The third-order valence-corrected chi connectivity index (χ3v) is 6.98. The van der Waals surface area contributed by atoms with E-state index in [0.717, 1.165) is 43.5 Å². The van der Waals surface area contributed by atoms with Gasteiger partial charge >= 0.3 is 6.03 Å². The van der Waals surface area contributed by atoms with Gasteiger partial charge in [0.25, 0.3) is 0 Å². The Labute approximate surface area is 188 Å². The van der Waals surface area contributed by atoms with Crippen LogP contribution in [-0.2, 0) is 0 Å². The first-order valence-electron chi connectivity index (χ1n) is 11.3. The minimum atomic E-state index is 0.126. The fourth-order valence-electron chi connectivity index (χ4n) is 4.77. The van der Waals surface area contributed by atoms with Crippen molar-refractivity contribution in [1.29, 1.82) is 0 Å². The van der Waals surface area contributed by atoms with Crippen LogP contribution in [0.5, 0.6) is 0 Å². The van der Waals surface area contributed by atoms with Crippen LogP contribution in [0.25, 0.3) is 0 Å². The van der Waals surface area contributed by atoms with E-state index in [0.29, 0.717) is 6.04 Å². The molecular weight excluding hydrogens is 438 g/mol. The third kappa shape index (κ3) is 5.44. The predicted octanol–water partition coefficient (Wildman–Crippen LogP) is 5.59. The molecule has 2 fully saturated rings. The topological polar surface area (TPSA) is 35.6 Å². The fourth-order valence-corrected chi connectivity index (χ4v) is 5.03. The second kappa shape index (κ2) is 10.5. The van der Waals surface area contributed by atoms with Crippen LogP contribution in [0.1, 0.15) is 55.7 Å². The number of amides is 2. The molecule has 30 heavy (non-hydrogen) atoms. The molecule has 4 nitrogen and oxygen atoms in total. The lowest BCUT2D eigenvalue weighted by molar-refractivity contribution is 0.118. The van der Waals surface area contributed by atoms with Gasteiger partial charge in [-0.3, -0.25) is 4.90 Å². The molecule has 0 spiro atoms. The molecule has 0 radical (unpaired) electrons. The number of halogens is 1. The van der Waals surface area contributed by atoms with Crippen molar-refractivity contribution in [3.8, 4) is 0 Å². The van der Waals surface area contributed by atoms with Gasteiger partial charge in [-0.1, -0.05) is 84.1 Å². The van der Waals surface area contributed by atoms with Gasteiger partial charge in [-0.05, 0) is 36.1 Å². The van der Waals surface area contributed by atoms with Crippen molar-refractivity contribution in [3.63, 3.8) is 0 Å². The average Bonchev–Trinajstić information content (AvgIpc) is 3.05. The number of hydrogen-bond acceptors (Lipinski definition) is 2. The summed E-state index contributed by atoms with van der Waals surface area (Å²) in [6.07, 6.45) is 7.36. The first-order valence-corrected chi connectivity index (χ1v) is 12.1. The Kier molecular flexibility index (Phi) is 7.45. The summed E-state index contributed by atoms with van der Waals surface area (Å²) in [5.41, 5.74) is 2.59. The molecule has 2 aromatic carbocycles. The van der Waals surface area contributed by atoms with Crippen LogP contribution in [0.15, 0.2) is 59.1 Å². The van der Waals surface area contributed by atoms with Gasteiger partial charge in [0.2, 0.25) is 0 Å². The summed E-state index contributed by atoms with van der Waals surface area (Å²) in [5, 5.41) is 3.31. The van der Waals surface area contributed by atoms with Gasteiger partial charge in [0.05, 0.1) is 6.04 Å². The summed E-state index contributed by atoms with van der Waals surface area (Å²) in [6.45, 7) is 3.32. The van der Waals surface area contributed by atoms with Crippen LogP contribution in [0.4, 0.5) is 4.79 Å². The Balaban J connectivity index is 1.41. The summed E-state index contributed by atoms with van der Waals surface area (Å²) < 4.78 is 1.10. The van der Waals surface area contributed by atoms with E-state index in [9.17, 15) is 4.79 Å². The largest absolute Gasteiger partial charge is 0.335 e. The maximum Gasteiger partial charge on any atom is 0.317 e. The summed E-state index contributed by atoms with van der Waals surface area (Å²) >= 11 is 3.55. The van der Waals surface area contributed by atoms with Gasteiger partial charge in [0, 0.05) is 36.7 Å². The molecule has 2 aromatic rings. The molecule has 2 amide bonds. The molecular formula is C25H32BrN3O. The van der Waals surface area contributed by atoms with Crippen molar-refractivity contribution in [3.05, 3.63) is 70.2 Å². The van der Waals surface area contributed by atoms with Crippen molar-refractivity contribution in [1.82, 2.24) is 15.1 Å². The minimum Gasteiger partial charge on any atom is -0.335 e. The molecule has 1 atom stereocenters. The van der Waals surface area contributed by atoms with Gasteiger partial charge in [-0.2, -0.15) is 0 Å². The molecule has 2 aliphatic rings. The van der Waals surface area contributed by atoms with E-state index >= 15 is 0 Å². The lowest BCUT2D eigenvalue weighted by Gasteiger charge is -2.40. The molecule has 1 saturated heterocycles. The van der Waals surface area contributed by atoms with Gasteiger partial charge in [-0.15, -0.1) is 0 Å². The Morgan fingerprint density at radius 1 is 0.833 bits per heavy atom. The molecule has 4 rings (SSSR count). The Morgan fingerprint density at radius 2 is 1.43 bits per heavy atom. The average molecular weight is 470 g/mol.